The smallest absolute Gasteiger partial charge is 0.0782 e. The van der Waals surface area contributed by atoms with E-state index < -0.39 is 0 Å². The number of hydrogen-bond acceptors (Lipinski definition) is 2. The molecule has 2 bridgehead atoms. The molecule has 4 fully saturated rings. The van der Waals surface area contributed by atoms with Crippen molar-refractivity contribution >= 4 is 17.2 Å². The van der Waals surface area contributed by atoms with Crippen molar-refractivity contribution in [3.63, 3.8) is 0 Å². The van der Waals surface area contributed by atoms with E-state index in [9.17, 15) is 0 Å². The highest BCUT2D eigenvalue weighted by Gasteiger charge is 2.47. The summed E-state index contributed by atoms with van der Waals surface area (Å²) in [6, 6.07) is 1.69. The van der Waals surface area contributed by atoms with Gasteiger partial charge in [-0.25, -0.2) is 0 Å². The first kappa shape index (κ1) is 11.7. The Labute approximate surface area is 116 Å². The number of hydrogen-bond donors (Lipinski definition) is 0. The van der Waals surface area contributed by atoms with E-state index >= 15 is 0 Å². The Balaban J connectivity index is 1.59. The Morgan fingerprint density at radius 1 is 0.944 bits per heavy atom. The van der Waals surface area contributed by atoms with Crippen LogP contribution in [0.1, 0.15) is 44.9 Å². The van der Waals surface area contributed by atoms with Crippen molar-refractivity contribution in [3.05, 3.63) is 0 Å². The van der Waals surface area contributed by atoms with E-state index in [1.165, 1.54) is 69.6 Å². The summed E-state index contributed by atoms with van der Waals surface area (Å²) in [5.41, 5.74) is 0. The quantitative estimate of drug-likeness (QED) is 0.621. The van der Waals surface area contributed by atoms with Crippen LogP contribution < -0.4 is 0 Å². The maximum atomic E-state index is 5.64. The molecule has 0 radical (unpaired) electrons. The zero-order valence-corrected chi connectivity index (χ0v) is 12.0. The second-order valence-electron chi connectivity index (χ2n) is 6.82. The molecule has 0 spiro atoms. The Hall–Kier alpha value is -0.150. The predicted octanol–water partition coefficient (Wildman–Crippen LogP) is 2.67. The van der Waals surface area contributed by atoms with Crippen molar-refractivity contribution in [2.45, 2.75) is 57.0 Å². The molecule has 0 aromatic rings. The van der Waals surface area contributed by atoms with Gasteiger partial charge in [-0.15, -0.1) is 0 Å². The summed E-state index contributed by atoms with van der Waals surface area (Å²) in [5, 5.41) is 0. The molecule has 4 aliphatic rings. The van der Waals surface area contributed by atoms with Crippen LogP contribution in [-0.4, -0.2) is 46.5 Å². The lowest BCUT2D eigenvalue weighted by Crippen LogP contribution is -2.64. The zero-order chi connectivity index (χ0) is 12.1. The molecule has 0 amide bonds. The summed E-state index contributed by atoms with van der Waals surface area (Å²) < 4.78 is 0. The summed E-state index contributed by atoms with van der Waals surface area (Å²) in [6.07, 6.45) is 9.74. The lowest BCUT2D eigenvalue weighted by Gasteiger charge is -2.57. The Morgan fingerprint density at radius 2 is 1.78 bits per heavy atom. The summed E-state index contributed by atoms with van der Waals surface area (Å²) >= 11 is 5.64. The first-order valence-electron chi connectivity index (χ1n) is 7.86. The third-order valence-corrected chi connectivity index (χ3v) is 6.31. The maximum absolute atomic E-state index is 5.64. The van der Waals surface area contributed by atoms with E-state index in [0.717, 1.165) is 23.9 Å². The van der Waals surface area contributed by atoms with Gasteiger partial charge in [0.05, 0.1) is 4.99 Å². The van der Waals surface area contributed by atoms with Crippen LogP contribution in [0.4, 0.5) is 0 Å². The zero-order valence-electron chi connectivity index (χ0n) is 11.2. The van der Waals surface area contributed by atoms with Gasteiger partial charge in [0.1, 0.15) is 0 Å². The minimum Gasteiger partial charge on any atom is -0.363 e. The normalized spacial score (nSPS) is 44.4. The van der Waals surface area contributed by atoms with Crippen molar-refractivity contribution in [3.8, 4) is 0 Å². The molecule has 100 valence electrons. The van der Waals surface area contributed by atoms with Crippen molar-refractivity contribution in [2.24, 2.45) is 11.8 Å². The molecular formula is C15H24N2S. The molecule has 3 heteroatoms. The summed E-state index contributed by atoms with van der Waals surface area (Å²) in [7, 11) is 0. The van der Waals surface area contributed by atoms with E-state index in [2.05, 4.69) is 9.80 Å². The third-order valence-electron chi connectivity index (χ3n) is 5.87. The lowest BCUT2D eigenvalue weighted by molar-refractivity contribution is -0.0440. The molecule has 4 rings (SSSR count). The largest absolute Gasteiger partial charge is 0.363 e. The summed E-state index contributed by atoms with van der Waals surface area (Å²) in [4.78, 5) is 6.76. The molecule has 4 aliphatic heterocycles. The highest BCUT2D eigenvalue weighted by atomic mass is 32.1. The van der Waals surface area contributed by atoms with Gasteiger partial charge < -0.3 is 4.90 Å². The Kier molecular flexibility index (Phi) is 2.88. The van der Waals surface area contributed by atoms with E-state index in [-0.39, 0.29) is 0 Å². The van der Waals surface area contributed by atoms with E-state index in [1.54, 1.807) is 0 Å². The van der Waals surface area contributed by atoms with E-state index in [0.29, 0.717) is 0 Å². The third kappa shape index (κ3) is 1.74. The second-order valence-corrected chi connectivity index (χ2v) is 7.29. The van der Waals surface area contributed by atoms with Crippen LogP contribution in [0.15, 0.2) is 0 Å². The summed E-state index contributed by atoms with van der Waals surface area (Å²) in [6.45, 7) is 4.01. The maximum Gasteiger partial charge on any atom is 0.0782 e. The van der Waals surface area contributed by atoms with Crippen molar-refractivity contribution in [2.75, 3.05) is 19.6 Å². The molecule has 0 saturated carbocycles. The van der Waals surface area contributed by atoms with Crippen LogP contribution in [0.25, 0.3) is 0 Å². The Bertz CT molecular complexity index is 356. The first-order valence-corrected chi connectivity index (χ1v) is 8.27. The van der Waals surface area contributed by atoms with Crippen molar-refractivity contribution in [1.29, 1.82) is 0 Å². The molecule has 0 aromatic carbocycles. The number of thiocarbonyl (C=S) groups is 1. The highest BCUT2D eigenvalue weighted by Crippen LogP contribution is 2.43. The number of fused-ring (bicyclic) bond motifs is 6. The standard InChI is InChI=1S/C15H24N2S/c18-15-6-3-5-14-11-8-12(10-17(14)15)13-4-1-2-7-16(13)9-11/h11-14H,1-10H2/t11-,12-,13-,14+/m1/s1. The molecule has 4 saturated heterocycles. The average molecular weight is 264 g/mol. The lowest BCUT2D eigenvalue weighted by atomic mass is 9.71. The molecule has 0 aliphatic carbocycles. The molecule has 0 N–H and O–H groups in total. The van der Waals surface area contributed by atoms with Crippen LogP contribution in [0.3, 0.4) is 0 Å². The number of piperidine rings is 4. The van der Waals surface area contributed by atoms with Gasteiger partial charge in [-0.05, 0) is 56.9 Å². The predicted molar refractivity (Wildman–Crippen MR) is 77.8 cm³/mol. The molecule has 18 heavy (non-hydrogen) atoms. The molecule has 0 aromatic heterocycles. The van der Waals surface area contributed by atoms with E-state index in [4.69, 9.17) is 12.2 Å². The van der Waals surface area contributed by atoms with Gasteiger partial charge in [0.25, 0.3) is 0 Å². The van der Waals surface area contributed by atoms with Crippen LogP contribution in [0.2, 0.25) is 0 Å². The molecular weight excluding hydrogens is 240 g/mol. The van der Waals surface area contributed by atoms with Gasteiger partial charge >= 0.3 is 0 Å². The first-order chi connectivity index (χ1) is 8.83. The van der Waals surface area contributed by atoms with Crippen molar-refractivity contribution < 1.29 is 0 Å². The fourth-order valence-electron chi connectivity index (χ4n) is 5.10. The van der Waals surface area contributed by atoms with Crippen LogP contribution in [0.5, 0.6) is 0 Å². The van der Waals surface area contributed by atoms with Crippen LogP contribution >= 0.6 is 12.2 Å². The summed E-state index contributed by atoms with van der Waals surface area (Å²) in [5.74, 6) is 1.83. The molecule has 2 nitrogen and oxygen atoms in total. The van der Waals surface area contributed by atoms with Gasteiger partial charge in [-0.1, -0.05) is 18.6 Å². The highest BCUT2D eigenvalue weighted by molar-refractivity contribution is 7.80. The molecule has 4 atom stereocenters. The van der Waals surface area contributed by atoms with Crippen molar-refractivity contribution in [1.82, 2.24) is 9.80 Å². The van der Waals surface area contributed by atoms with Gasteiger partial charge in [-0.3, -0.25) is 4.90 Å². The minimum absolute atomic E-state index is 0.797. The van der Waals surface area contributed by atoms with Gasteiger partial charge in [0.15, 0.2) is 0 Å². The van der Waals surface area contributed by atoms with Gasteiger partial charge in [-0.2, -0.15) is 0 Å². The van der Waals surface area contributed by atoms with E-state index in [1.807, 2.05) is 0 Å². The van der Waals surface area contributed by atoms with Gasteiger partial charge in [0.2, 0.25) is 0 Å². The fourth-order valence-corrected chi connectivity index (χ4v) is 5.46. The number of nitrogens with zero attached hydrogens (tertiary/aromatic N) is 2. The average Bonchev–Trinajstić information content (AvgIpc) is 2.40. The van der Waals surface area contributed by atoms with Crippen LogP contribution in [-0.2, 0) is 0 Å². The minimum atomic E-state index is 0.797. The van der Waals surface area contributed by atoms with Crippen LogP contribution in [0, 0.1) is 11.8 Å². The SMILES string of the molecule is S=C1CCC[C@H]2[C@@H]3C[C@H](CN12)[C@H]1CCCCN1C3. The fraction of sp³-hybridized carbons (Fsp3) is 0.933. The molecule has 4 heterocycles. The monoisotopic (exact) mass is 264 g/mol. The molecule has 0 unspecified atom stereocenters. The topological polar surface area (TPSA) is 6.48 Å². The Morgan fingerprint density at radius 3 is 2.72 bits per heavy atom. The van der Waals surface area contributed by atoms with Gasteiger partial charge in [0, 0.05) is 25.2 Å². The second kappa shape index (κ2) is 4.45. The number of rotatable bonds is 0.